The van der Waals surface area contributed by atoms with Gasteiger partial charge in [0, 0.05) is 33.7 Å². The minimum atomic E-state index is -0.170. The van der Waals surface area contributed by atoms with Gasteiger partial charge in [0.15, 0.2) is 0 Å². The molecule has 0 aliphatic carbocycles. The summed E-state index contributed by atoms with van der Waals surface area (Å²) in [7, 11) is 0. The first-order chi connectivity index (χ1) is 9.31. The molecule has 1 heterocycles. The van der Waals surface area contributed by atoms with Crippen LogP contribution in [0.25, 0.3) is 21.8 Å². The van der Waals surface area contributed by atoms with Crippen molar-refractivity contribution >= 4 is 37.7 Å². The number of rotatable bonds is 4. The first-order valence-corrected chi connectivity index (χ1v) is 7.66. The van der Waals surface area contributed by atoms with Crippen molar-refractivity contribution in [3.05, 3.63) is 48.3 Å². The molecule has 0 aliphatic heterocycles. The van der Waals surface area contributed by atoms with Crippen LogP contribution in [0.1, 0.15) is 12.8 Å². The maximum Gasteiger partial charge on any atom is 0.123 e. The maximum absolute atomic E-state index is 13.5. The van der Waals surface area contributed by atoms with Gasteiger partial charge in [0.25, 0.3) is 0 Å². The third kappa shape index (κ3) is 2.27. The number of aromatic nitrogens is 1. The lowest BCUT2D eigenvalue weighted by Crippen LogP contribution is -1.97. The van der Waals surface area contributed by atoms with Crippen molar-refractivity contribution in [2.75, 3.05) is 5.33 Å². The Bertz CT molecular complexity index is 717. The van der Waals surface area contributed by atoms with Gasteiger partial charge in [-0.25, -0.2) is 4.39 Å². The first kappa shape index (κ1) is 12.7. The zero-order chi connectivity index (χ0) is 13.2. The fourth-order valence-electron chi connectivity index (χ4n) is 2.63. The van der Waals surface area contributed by atoms with Gasteiger partial charge in [0.05, 0.1) is 0 Å². The number of hydrogen-bond acceptors (Lipinski definition) is 0. The number of hydrogen-bond donors (Lipinski definition) is 0. The highest BCUT2D eigenvalue weighted by Gasteiger charge is 2.10. The van der Waals surface area contributed by atoms with E-state index in [2.05, 4.69) is 32.6 Å². The lowest BCUT2D eigenvalue weighted by atomic mass is 10.1. The van der Waals surface area contributed by atoms with Crippen LogP contribution in [-0.4, -0.2) is 9.90 Å². The molecule has 0 N–H and O–H groups in total. The van der Waals surface area contributed by atoms with Gasteiger partial charge in [0.2, 0.25) is 0 Å². The number of fused-ring (bicyclic) bond motifs is 3. The van der Waals surface area contributed by atoms with Crippen molar-refractivity contribution in [2.45, 2.75) is 19.4 Å². The highest BCUT2D eigenvalue weighted by Crippen LogP contribution is 2.29. The van der Waals surface area contributed by atoms with Gasteiger partial charge in [-0.2, -0.15) is 0 Å². The van der Waals surface area contributed by atoms with E-state index in [1.165, 1.54) is 5.52 Å². The number of halogens is 2. The van der Waals surface area contributed by atoms with E-state index in [9.17, 15) is 4.39 Å². The lowest BCUT2D eigenvalue weighted by molar-refractivity contribution is 0.629. The molecule has 3 rings (SSSR count). The Kier molecular flexibility index (Phi) is 3.56. The molecule has 0 atom stereocenters. The molecule has 19 heavy (non-hydrogen) atoms. The van der Waals surface area contributed by atoms with Gasteiger partial charge in [0.1, 0.15) is 5.82 Å². The molecule has 0 fully saturated rings. The summed E-state index contributed by atoms with van der Waals surface area (Å²) in [6.45, 7) is 0.973. The third-order valence-electron chi connectivity index (χ3n) is 3.50. The van der Waals surface area contributed by atoms with Crippen LogP contribution < -0.4 is 0 Å². The zero-order valence-electron chi connectivity index (χ0n) is 10.6. The van der Waals surface area contributed by atoms with E-state index in [0.717, 1.165) is 41.0 Å². The monoisotopic (exact) mass is 319 g/mol. The number of para-hydroxylation sites is 1. The minimum absolute atomic E-state index is 0.170. The molecule has 0 amide bonds. The van der Waals surface area contributed by atoms with Gasteiger partial charge >= 0.3 is 0 Å². The molecule has 3 aromatic rings. The number of nitrogens with zero attached hydrogens (tertiary/aromatic N) is 1. The van der Waals surface area contributed by atoms with E-state index in [1.807, 2.05) is 18.2 Å². The number of alkyl halides is 1. The van der Waals surface area contributed by atoms with Crippen molar-refractivity contribution in [3.63, 3.8) is 0 Å². The van der Waals surface area contributed by atoms with Crippen LogP contribution in [0.3, 0.4) is 0 Å². The maximum atomic E-state index is 13.5. The third-order valence-corrected chi connectivity index (χ3v) is 4.06. The lowest BCUT2D eigenvalue weighted by Gasteiger charge is -2.06. The molecule has 0 saturated carbocycles. The molecular weight excluding hydrogens is 305 g/mol. The molecule has 3 heteroatoms. The Morgan fingerprint density at radius 3 is 2.58 bits per heavy atom. The smallest absolute Gasteiger partial charge is 0.123 e. The van der Waals surface area contributed by atoms with Crippen molar-refractivity contribution in [1.29, 1.82) is 0 Å². The van der Waals surface area contributed by atoms with E-state index < -0.39 is 0 Å². The van der Waals surface area contributed by atoms with Gasteiger partial charge in [-0.15, -0.1) is 0 Å². The molecule has 0 saturated heterocycles. The van der Waals surface area contributed by atoms with Crippen LogP contribution in [0.4, 0.5) is 4.39 Å². The van der Waals surface area contributed by atoms with Crippen molar-refractivity contribution in [2.24, 2.45) is 0 Å². The fraction of sp³-hybridized carbons (Fsp3) is 0.250. The second-order valence-electron chi connectivity index (χ2n) is 4.73. The number of unbranched alkanes of at least 4 members (excludes halogenated alkanes) is 1. The molecular formula is C16H15BrFN. The van der Waals surface area contributed by atoms with E-state index in [0.29, 0.717) is 0 Å². The molecule has 0 unspecified atom stereocenters. The number of benzene rings is 2. The van der Waals surface area contributed by atoms with Gasteiger partial charge in [-0.05, 0) is 37.1 Å². The Labute approximate surface area is 120 Å². The molecule has 98 valence electrons. The zero-order valence-corrected chi connectivity index (χ0v) is 12.2. The van der Waals surface area contributed by atoms with Crippen LogP contribution in [-0.2, 0) is 6.54 Å². The topological polar surface area (TPSA) is 4.93 Å². The summed E-state index contributed by atoms with van der Waals surface area (Å²) < 4.78 is 15.8. The molecule has 1 aromatic heterocycles. The van der Waals surface area contributed by atoms with Crippen LogP contribution in [0.2, 0.25) is 0 Å². The molecule has 1 nitrogen and oxygen atoms in total. The summed E-state index contributed by atoms with van der Waals surface area (Å²) in [6, 6.07) is 13.3. The summed E-state index contributed by atoms with van der Waals surface area (Å²) in [6.07, 6.45) is 2.27. The van der Waals surface area contributed by atoms with Crippen LogP contribution in [0, 0.1) is 5.82 Å². The minimum Gasteiger partial charge on any atom is -0.340 e. The van der Waals surface area contributed by atoms with Crippen molar-refractivity contribution in [3.8, 4) is 0 Å². The average molecular weight is 320 g/mol. The largest absolute Gasteiger partial charge is 0.340 e. The second kappa shape index (κ2) is 5.33. The number of aryl methyl sites for hydroxylation is 1. The standard InChI is InChI=1S/C16H15BrFN/c17-9-3-4-10-19-15-6-2-1-5-13(15)14-11-12(18)7-8-16(14)19/h1-2,5-8,11H,3-4,9-10H2. The summed E-state index contributed by atoms with van der Waals surface area (Å²) in [5.74, 6) is -0.170. The van der Waals surface area contributed by atoms with Crippen LogP contribution in [0.5, 0.6) is 0 Å². The second-order valence-corrected chi connectivity index (χ2v) is 5.52. The summed E-state index contributed by atoms with van der Waals surface area (Å²) >= 11 is 3.46. The predicted octanol–water partition coefficient (Wildman–Crippen LogP) is 5.11. The average Bonchev–Trinajstić information content (AvgIpc) is 2.73. The van der Waals surface area contributed by atoms with E-state index in [-0.39, 0.29) is 5.82 Å². The van der Waals surface area contributed by atoms with Gasteiger partial charge in [-0.1, -0.05) is 34.1 Å². The molecule has 0 bridgehead atoms. The molecule has 0 radical (unpaired) electrons. The summed E-state index contributed by atoms with van der Waals surface area (Å²) in [5, 5.41) is 3.17. The summed E-state index contributed by atoms with van der Waals surface area (Å²) in [5.41, 5.74) is 2.31. The van der Waals surface area contributed by atoms with Gasteiger partial charge in [-0.3, -0.25) is 0 Å². The van der Waals surface area contributed by atoms with Crippen molar-refractivity contribution in [1.82, 2.24) is 4.57 Å². The van der Waals surface area contributed by atoms with E-state index >= 15 is 0 Å². The normalized spacial score (nSPS) is 11.5. The van der Waals surface area contributed by atoms with Crippen molar-refractivity contribution < 1.29 is 4.39 Å². The quantitative estimate of drug-likeness (QED) is 0.465. The highest BCUT2D eigenvalue weighted by atomic mass is 79.9. The van der Waals surface area contributed by atoms with Crippen LogP contribution in [0.15, 0.2) is 42.5 Å². The Hall–Kier alpha value is -1.35. The molecule has 2 aromatic carbocycles. The molecule has 0 aliphatic rings. The van der Waals surface area contributed by atoms with Crippen LogP contribution >= 0.6 is 15.9 Å². The highest BCUT2D eigenvalue weighted by molar-refractivity contribution is 9.09. The Balaban J connectivity index is 2.21. The molecule has 0 spiro atoms. The fourth-order valence-corrected chi connectivity index (χ4v) is 3.03. The first-order valence-electron chi connectivity index (χ1n) is 6.54. The predicted molar refractivity (Wildman–Crippen MR) is 82.4 cm³/mol. The summed E-state index contributed by atoms with van der Waals surface area (Å²) in [4.78, 5) is 0. The SMILES string of the molecule is Fc1ccc2c(c1)c1ccccc1n2CCCCBr. The van der Waals surface area contributed by atoms with E-state index in [4.69, 9.17) is 0 Å². The Morgan fingerprint density at radius 1 is 0.947 bits per heavy atom. The van der Waals surface area contributed by atoms with E-state index in [1.54, 1.807) is 12.1 Å². The Morgan fingerprint density at radius 2 is 1.74 bits per heavy atom. The van der Waals surface area contributed by atoms with Gasteiger partial charge < -0.3 is 4.57 Å².